The first-order valence-electron chi connectivity index (χ1n) is 4.23. The lowest BCUT2D eigenvalue weighted by atomic mass is 10.4. The van der Waals surface area contributed by atoms with Gasteiger partial charge in [0.1, 0.15) is 0 Å². The molecule has 0 N–H and O–H groups in total. The first-order valence-corrected chi connectivity index (χ1v) is 4.23. The summed E-state index contributed by atoms with van der Waals surface area (Å²) in [5, 5.41) is 0. The van der Waals surface area contributed by atoms with Crippen molar-refractivity contribution >= 4 is 0 Å². The largest absolute Gasteiger partial charge is 0.357 e. The number of pyridine rings is 1. The molecule has 0 bridgehead atoms. The zero-order chi connectivity index (χ0) is 9.52. The summed E-state index contributed by atoms with van der Waals surface area (Å²) in [6.07, 6.45) is 5.79. The maximum atomic E-state index is 3.98. The van der Waals surface area contributed by atoms with Crippen LogP contribution in [0.4, 0.5) is 0 Å². The molecule has 0 amide bonds. The molecule has 0 aliphatic rings. The average Bonchev–Trinajstić information content (AvgIpc) is 2.58. The summed E-state index contributed by atoms with van der Waals surface area (Å²) in [5.74, 6) is 0. The van der Waals surface area contributed by atoms with Crippen LogP contribution in [0, 0.1) is 6.92 Å². The van der Waals surface area contributed by atoms with Crippen LogP contribution in [0.2, 0.25) is 0 Å². The van der Waals surface area contributed by atoms with E-state index < -0.39 is 0 Å². The molecule has 0 saturated heterocycles. The van der Waals surface area contributed by atoms with Gasteiger partial charge in [-0.15, -0.1) is 0 Å². The molecule has 0 aliphatic carbocycles. The summed E-state index contributed by atoms with van der Waals surface area (Å²) in [4.78, 5) is 3.98. The molecule has 0 aliphatic heterocycles. The molecule has 2 aromatic rings. The van der Waals surface area contributed by atoms with Gasteiger partial charge < -0.3 is 4.57 Å². The van der Waals surface area contributed by atoms with Gasteiger partial charge in [0.25, 0.3) is 0 Å². The Bertz CT molecular complexity index is 311. The summed E-state index contributed by atoms with van der Waals surface area (Å²) in [5.41, 5.74) is 1.07. The number of nitrogens with zero attached hydrogens (tertiary/aromatic N) is 2. The fourth-order valence-electron chi connectivity index (χ4n) is 0.869. The maximum absolute atomic E-state index is 3.98. The highest BCUT2D eigenvalue weighted by Gasteiger charge is 1.73. The van der Waals surface area contributed by atoms with Crippen molar-refractivity contribution in [1.29, 1.82) is 0 Å². The normalized spacial score (nSPS) is 8.77. The number of rotatable bonds is 0. The van der Waals surface area contributed by atoms with Crippen molar-refractivity contribution in [3.63, 3.8) is 0 Å². The third kappa shape index (κ3) is 4.11. The van der Waals surface area contributed by atoms with E-state index in [2.05, 4.69) is 4.98 Å². The van der Waals surface area contributed by atoms with E-state index >= 15 is 0 Å². The number of aromatic nitrogens is 2. The lowest BCUT2D eigenvalue weighted by Gasteiger charge is -1.82. The fourth-order valence-corrected chi connectivity index (χ4v) is 0.869. The number of hydrogen-bond donors (Lipinski definition) is 0. The highest BCUT2D eigenvalue weighted by Crippen LogP contribution is 1.86. The molecule has 2 aromatic heterocycles. The molecule has 2 rings (SSSR count). The Kier molecular flexibility index (Phi) is 3.76. The van der Waals surface area contributed by atoms with E-state index in [0.29, 0.717) is 0 Å². The van der Waals surface area contributed by atoms with Crippen molar-refractivity contribution in [2.24, 2.45) is 7.05 Å². The molecule has 0 unspecified atom stereocenters. The van der Waals surface area contributed by atoms with Crippen molar-refractivity contribution in [3.8, 4) is 0 Å². The Labute approximate surface area is 78.9 Å². The van der Waals surface area contributed by atoms with Crippen LogP contribution < -0.4 is 0 Å². The van der Waals surface area contributed by atoms with Crippen molar-refractivity contribution in [1.82, 2.24) is 9.55 Å². The second-order valence-electron chi connectivity index (χ2n) is 2.82. The van der Waals surface area contributed by atoms with Crippen molar-refractivity contribution in [3.05, 3.63) is 54.6 Å². The summed E-state index contributed by atoms with van der Waals surface area (Å²) >= 11 is 0. The zero-order valence-corrected chi connectivity index (χ0v) is 8.01. The molecule has 13 heavy (non-hydrogen) atoms. The lowest BCUT2D eigenvalue weighted by molar-refractivity contribution is 0.928. The van der Waals surface area contributed by atoms with Crippen molar-refractivity contribution in [2.75, 3.05) is 0 Å². The zero-order valence-electron chi connectivity index (χ0n) is 8.01. The smallest absolute Gasteiger partial charge is 0.0372 e. The second-order valence-corrected chi connectivity index (χ2v) is 2.82. The van der Waals surface area contributed by atoms with Crippen LogP contribution in [-0.2, 0) is 7.05 Å². The molecule has 0 spiro atoms. The molecule has 2 heteroatoms. The van der Waals surface area contributed by atoms with Gasteiger partial charge in [-0.2, -0.15) is 0 Å². The molecule has 2 nitrogen and oxygen atoms in total. The Balaban J connectivity index is 0.000000132. The lowest BCUT2D eigenvalue weighted by Crippen LogP contribution is -1.75. The van der Waals surface area contributed by atoms with Gasteiger partial charge >= 0.3 is 0 Å². The highest BCUT2D eigenvalue weighted by atomic mass is 14.9. The third-order valence-corrected chi connectivity index (χ3v) is 1.57. The van der Waals surface area contributed by atoms with E-state index in [4.69, 9.17) is 0 Å². The standard InChI is InChI=1S/C6H7N.C5H7N/c1-6-4-2-3-5-7-6;1-6-4-2-3-5-6/h2-5H,1H3;2-5H,1H3. The molecule has 0 radical (unpaired) electrons. The van der Waals surface area contributed by atoms with Gasteiger partial charge in [-0.3, -0.25) is 4.98 Å². The van der Waals surface area contributed by atoms with Gasteiger partial charge in [-0.1, -0.05) is 6.07 Å². The van der Waals surface area contributed by atoms with E-state index in [1.165, 1.54) is 0 Å². The molecule has 0 aromatic carbocycles. The molecule has 2 heterocycles. The molecular formula is C11H14N2. The van der Waals surface area contributed by atoms with Crippen molar-refractivity contribution < 1.29 is 0 Å². The Morgan fingerprint density at radius 2 is 1.77 bits per heavy atom. The average molecular weight is 174 g/mol. The van der Waals surface area contributed by atoms with Crippen LogP contribution in [0.25, 0.3) is 0 Å². The predicted molar refractivity (Wildman–Crippen MR) is 54.4 cm³/mol. The summed E-state index contributed by atoms with van der Waals surface area (Å²) in [6, 6.07) is 9.86. The topological polar surface area (TPSA) is 17.8 Å². The van der Waals surface area contributed by atoms with Gasteiger partial charge in [0, 0.05) is 31.3 Å². The first kappa shape index (κ1) is 9.52. The second kappa shape index (κ2) is 5.14. The minimum atomic E-state index is 1.07. The van der Waals surface area contributed by atoms with Crippen molar-refractivity contribution in [2.45, 2.75) is 6.92 Å². The van der Waals surface area contributed by atoms with Gasteiger partial charge in [0.15, 0.2) is 0 Å². The van der Waals surface area contributed by atoms with Crippen LogP contribution in [0.15, 0.2) is 48.9 Å². The summed E-state index contributed by atoms with van der Waals surface area (Å²) < 4.78 is 2.00. The predicted octanol–water partition coefficient (Wildman–Crippen LogP) is 2.42. The van der Waals surface area contributed by atoms with E-state index in [1.807, 2.05) is 61.3 Å². The van der Waals surface area contributed by atoms with Gasteiger partial charge in [0.2, 0.25) is 0 Å². The Morgan fingerprint density at radius 3 is 2.00 bits per heavy atom. The number of hydrogen-bond acceptors (Lipinski definition) is 1. The van der Waals surface area contributed by atoms with Crippen LogP contribution in [0.5, 0.6) is 0 Å². The monoisotopic (exact) mass is 174 g/mol. The molecule has 0 atom stereocenters. The summed E-state index contributed by atoms with van der Waals surface area (Å²) in [6.45, 7) is 1.97. The highest BCUT2D eigenvalue weighted by molar-refractivity contribution is 4.99. The molecule has 0 saturated carbocycles. The van der Waals surface area contributed by atoms with Gasteiger partial charge in [-0.05, 0) is 31.2 Å². The van der Waals surface area contributed by atoms with Gasteiger partial charge in [-0.25, -0.2) is 0 Å². The van der Waals surface area contributed by atoms with E-state index in [1.54, 1.807) is 6.20 Å². The molecule has 68 valence electrons. The minimum Gasteiger partial charge on any atom is -0.357 e. The van der Waals surface area contributed by atoms with Crippen LogP contribution >= 0.6 is 0 Å². The molecular weight excluding hydrogens is 160 g/mol. The fraction of sp³-hybridized carbons (Fsp3) is 0.182. The quantitative estimate of drug-likeness (QED) is 0.599. The van der Waals surface area contributed by atoms with Crippen LogP contribution in [0.3, 0.4) is 0 Å². The van der Waals surface area contributed by atoms with Crippen LogP contribution in [-0.4, -0.2) is 9.55 Å². The Hall–Kier alpha value is -1.57. The van der Waals surface area contributed by atoms with E-state index in [-0.39, 0.29) is 0 Å². The van der Waals surface area contributed by atoms with E-state index in [9.17, 15) is 0 Å². The van der Waals surface area contributed by atoms with Crippen LogP contribution in [0.1, 0.15) is 5.69 Å². The number of aryl methyl sites for hydroxylation is 2. The van der Waals surface area contributed by atoms with Gasteiger partial charge in [0.05, 0.1) is 0 Å². The third-order valence-electron chi connectivity index (χ3n) is 1.57. The summed E-state index contributed by atoms with van der Waals surface area (Å²) in [7, 11) is 2.00. The SMILES string of the molecule is Cc1ccccn1.Cn1cccc1. The Morgan fingerprint density at radius 1 is 1.08 bits per heavy atom. The van der Waals surface area contributed by atoms with E-state index in [0.717, 1.165) is 5.69 Å². The first-order chi connectivity index (χ1) is 6.29. The maximum Gasteiger partial charge on any atom is 0.0372 e. The minimum absolute atomic E-state index is 1.07. The molecule has 0 fully saturated rings.